The van der Waals surface area contributed by atoms with Gasteiger partial charge in [-0.15, -0.1) is 0 Å². The minimum Gasteiger partial charge on any atom is -0.469 e. The van der Waals surface area contributed by atoms with Crippen molar-refractivity contribution in [3.05, 3.63) is 59.0 Å². The molecule has 0 aliphatic heterocycles. The van der Waals surface area contributed by atoms with Crippen molar-refractivity contribution in [1.82, 2.24) is 5.32 Å². The van der Waals surface area contributed by atoms with Crippen molar-refractivity contribution in [2.45, 2.75) is 39.2 Å². The normalized spacial score (nSPS) is 12.6. The molecule has 0 radical (unpaired) electrons. The van der Waals surface area contributed by atoms with Crippen LogP contribution < -0.4 is 5.32 Å². The van der Waals surface area contributed by atoms with Crippen LogP contribution >= 0.6 is 0 Å². The molecule has 1 aromatic carbocycles. The monoisotopic (exact) mass is 257 g/mol. The standard InChI is InChI=1S/C17H23NO/c1-4-13-6-8-14(9-7-13)12-16(18-3)15-10-11-19-17(15)5-2/h6-11,16,18H,4-5,12H2,1-3H3. The maximum Gasteiger partial charge on any atom is 0.108 e. The highest BCUT2D eigenvalue weighted by Crippen LogP contribution is 2.23. The maximum atomic E-state index is 5.53. The van der Waals surface area contributed by atoms with Crippen LogP contribution in [0.5, 0.6) is 0 Å². The van der Waals surface area contributed by atoms with Gasteiger partial charge in [-0.25, -0.2) is 0 Å². The molecule has 0 aliphatic carbocycles. The molecule has 0 aliphatic rings. The van der Waals surface area contributed by atoms with Crippen molar-refractivity contribution in [3.8, 4) is 0 Å². The second-order valence-corrected chi connectivity index (χ2v) is 4.87. The Bertz CT molecular complexity index is 498. The van der Waals surface area contributed by atoms with Gasteiger partial charge in [0.05, 0.1) is 6.26 Å². The summed E-state index contributed by atoms with van der Waals surface area (Å²) in [6.07, 6.45) is 4.82. The number of furan rings is 1. The van der Waals surface area contributed by atoms with Crippen molar-refractivity contribution >= 4 is 0 Å². The van der Waals surface area contributed by atoms with E-state index in [1.807, 2.05) is 7.05 Å². The zero-order valence-electron chi connectivity index (χ0n) is 12.1. The highest BCUT2D eigenvalue weighted by Gasteiger charge is 2.15. The van der Waals surface area contributed by atoms with E-state index in [1.165, 1.54) is 16.7 Å². The van der Waals surface area contributed by atoms with E-state index in [2.05, 4.69) is 49.5 Å². The first-order valence-corrected chi connectivity index (χ1v) is 7.09. The fraction of sp³-hybridized carbons (Fsp3) is 0.412. The number of hydrogen-bond donors (Lipinski definition) is 1. The predicted molar refractivity (Wildman–Crippen MR) is 79.4 cm³/mol. The van der Waals surface area contributed by atoms with Gasteiger partial charge in [0.1, 0.15) is 5.76 Å². The number of benzene rings is 1. The highest BCUT2D eigenvalue weighted by atomic mass is 16.3. The van der Waals surface area contributed by atoms with E-state index in [9.17, 15) is 0 Å². The van der Waals surface area contributed by atoms with Gasteiger partial charge in [0.15, 0.2) is 0 Å². The number of rotatable bonds is 6. The van der Waals surface area contributed by atoms with Crippen LogP contribution in [0.15, 0.2) is 41.0 Å². The minimum absolute atomic E-state index is 0.321. The summed E-state index contributed by atoms with van der Waals surface area (Å²) < 4.78 is 5.53. The summed E-state index contributed by atoms with van der Waals surface area (Å²) in [7, 11) is 2.01. The van der Waals surface area contributed by atoms with Crippen molar-refractivity contribution < 1.29 is 4.42 Å². The van der Waals surface area contributed by atoms with Crippen LogP contribution in [0.25, 0.3) is 0 Å². The molecule has 0 amide bonds. The van der Waals surface area contributed by atoms with Gasteiger partial charge in [-0.3, -0.25) is 0 Å². The van der Waals surface area contributed by atoms with E-state index in [1.54, 1.807) is 6.26 Å². The van der Waals surface area contributed by atoms with Crippen molar-refractivity contribution in [2.24, 2.45) is 0 Å². The van der Waals surface area contributed by atoms with Gasteiger partial charge in [0.2, 0.25) is 0 Å². The van der Waals surface area contributed by atoms with E-state index < -0.39 is 0 Å². The Balaban J connectivity index is 2.14. The van der Waals surface area contributed by atoms with Gasteiger partial charge in [-0.05, 0) is 37.1 Å². The Labute approximate surface area is 115 Å². The average Bonchev–Trinajstić information content (AvgIpc) is 2.93. The number of nitrogens with one attached hydrogen (secondary N) is 1. The molecule has 0 saturated carbocycles. The quantitative estimate of drug-likeness (QED) is 0.849. The predicted octanol–water partition coefficient (Wildman–Crippen LogP) is 3.91. The Morgan fingerprint density at radius 1 is 1.00 bits per heavy atom. The van der Waals surface area contributed by atoms with Crippen molar-refractivity contribution in [2.75, 3.05) is 7.05 Å². The van der Waals surface area contributed by atoms with E-state index in [0.717, 1.165) is 25.0 Å². The van der Waals surface area contributed by atoms with Gasteiger partial charge < -0.3 is 9.73 Å². The summed E-state index contributed by atoms with van der Waals surface area (Å²) in [5, 5.41) is 3.40. The summed E-state index contributed by atoms with van der Waals surface area (Å²) in [5.74, 6) is 1.09. The molecule has 102 valence electrons. The lowest BCUT2D eigenvalue weighted by Crippen LogP contribution is -2.19. The molecular formula is C17H23NO. The molecule has 0 fully saturated rings. The van der Waals surface area contributed by atoms with Crippen LogP contribution in [-0.4, -0.2) is 7.05 Å². The molecular weight excluding hydrogens is 234 g/mol. The maximum absolute atomic E-state index is 5.53. The number of hydrogen-bond acceptors (Lipinski definition) is 2. The zero-order chi connectivity index (χ0) is 13.7. The lowest BCUT2D eigenvalue weighted by molar-refractivity contribution is 0.495. The van der Waals surface area contributed by atoms with E-state index in [4.69, 9.17) is 4.42 Å². The second-order valence-electron chi connectivity index (χ2n) is 4.87. The molecule has 19 heavy (non-hydrogen) atoms. The van der Waals surface area contributed by atoms with Crippen LogP contribution in [0, 0.1) is 0 Å². The Morgan fingerprint density at radius 3 is 2.26 bits per heavy atom. The summed E-state index contributed by atoms with van der Waals surface area (Å²) >= 11 is 0. The summed E-state index contributed by atoms with van der Waals surface area (Å²) in [6, 6.07) is 11.3. The molecule has 1 N–H and O–H groups in total. The molecule has 2 heteroatoms. The fourth-order valence-electron chi connectivity index (χ4n) is 2.46. The largest absolute Gasteiger partial charge is 0.469 e. The fourth-order valence-corrected chi connectivity index (χ4v) is 2.46. The van der Waals surface area contributed by atoms with Crippen molar-refractivity contribution in [3.63, 3.8) is 0 Å². The molecule has 1 unspecified atom stereocenters. The van der Waals surface area contributed by atoms with Gasteiger partial charge in [-0.2, -0.15) is 0 Å². The minimum atomic E-state index is 0.321. The van der Waals surface area contributed by atoms with Gasteiger partial charge >= 0.3 is 0 Å². The molecule has 0 bridgehead atoms. The van der Waals surface area contributed by atoms with E-state index >= 15 is 0 Å². The van der Waals surface area contributed by atoms with Crippen LogP contribution in [0.1, 0.15) is 42.3 Å². The second kappa shape index (κ2) is 6.58. The summed E-state index contributed by atoms with van der Waals surface area (Å²) in [4.78, 5) is 0. The SMILES string of the molecule is CCc1ccc(CC(NC)c2ccoc2CC)cc1. The first-order valence-electron chi connectivity index (χ1n) is 7.09. The van der Waals surface area contributed by atoms with Gasteiger partial charge in [0.25, 0.3) is 0 Å². The average molecular weight is 257 g/mol. The van der Waals surface area contributed by atoms with E-state index in [-0.39, 0.29) is 0 Å². The topological polar surface area (TPSA) is 25.2 Å². The van der Waals surface area contributed by atoms with Gasteiger partial charge in [-0.1, -0.05) is 38.1 Å². The Kier molecular flexibility index (Phi) is 4.80. The molecule has 0 saturated heterocycles. The van der Waals surface area contributed by atoms with Crippen LogP contribution in [-0.2, 0) is 19.3 Å². The molecule has 1 heterocycles. The molecule has 2 nitrogen and oxygen atoms in total. The Morgan fingerprint density at radius 2 is 1.68 bits per heavy atom. The molecule has 0 spiro atoms. The third kappa shape index (κ3) is 3.27. The smallest absolute Gasteiger partial charge is 0.108 e. The van der Waals surface area contributed by atoms with Crippen LogP contribution in [0.2, 0.25) is 0 Å². The highest BCUT2D eigenvalue weighted by molar-refractivity contribution is 5.27. The zero-order valence-corrected chi connectivity index (χ0v) is 12.1. The van der Waals surface area contributed by atoms with Gasteiger partial charge in [0, 0.05) is 18.0 Å². The third-order valence-electron chi connectivity index (χ3n) is 3.70. The number of aryl methyl sites for hydroxylation is 2. The Hall–Kier alpha value is -1.54. The summed E-state index contributed by atoms with van der Waals surface area (Å²) in [5.41, 5.74) is 4.03. The molecule has 2 rings (SSSR count). The first-order chi connectivity index (χ1) is 9.28. The van der Waals surface area contributed by atoms with Crippen LogP contribution in [0.4, 0.5) is 0 Å². The first kappa shape index (κ1) is 13.9. The molecule has 1 atom stereocenters. The third-order valence-corrected chi connectivity index (χ3v) is 3.70. The lowest BCUT2D eigenvalue weighted by Gasteiger charge is -2.16. The molecule has 1 aromatic heterocycles. The van der Waals surface area contributed by atoms with E-state index in [0.29, 0.717) is 6.04 Å². The summed E-state index contributed by atoms with van der Waals surface area (Å²) in [6.45, 7) is 4.31. The van der Waals surface area contributed by atoms with Crippen molar-refractivity contribution in [1.29, 1.82) is 0 Å². The molecule has 2 aromatic rings. The number of likely N-dealkylation sites (N-methyl/N-ethyl adjacent to an activating group) is 1. The lowest BCUT2D eigenvalue weighted by atomic mass is 9.97. The van der Waals surface area contributed by atoms with Crippen LogP contribution in [0.3, 0.4) is 0 Å².